The molecule has 0 amide bonds. The lowest BCUT2D eigenvalue weighted by atomic mass is 9.97. The zero-order valence-electron chi connectivity index (χ0n) is 11.1. The maximum absolute atomic E-state index is 6.03. The third kappa shape index (κ3) is 4.21. The smallest absolute Gasteiger partial charge is 0.137 e. The summed E-state index contributed by atoms with van der Waals surface area (Å²) in [5, 5.41) is 4.01. The third-order valence-electron chi connectivity index (χ3n) is 2.96. The molecule has 1 atom stereocenters. The van der Waals surface area contributed by atoms with Gasteiger partial charge in [0.2, 0.25) is 0 Å². The highest BCUT2D eigenvalue weighted by Crippen LogP contribution is 2.29. The first-order valence-electron chi connectivity index (χ1n) is 6.09. The van der Waals surface area contributed by atoms with Crippen molar-refractivity contribution in [1.29, 1.82) is 0 Å². The minimum absolute atomic E-state index is 0.364. The van der Waals surface area contributed by atoms with Gasteiger partial charge in [0.25, 0.3) is 0 Å². The first-order chi connectivity index (χ1) is 8.08. The van der Waals surface area contributed by atoms with Gasteiger partial charge in [-0.05, 0) is 43.5 Å². The van der Waals surface area contributed by atoms with Crippen molar-refractivity contribution >= 4 is 11.6 Å². The normalized spacial score (nSPS) is 12.8. The summed E-state index contributed by atoms with van der Waals surface area (Å²) in [5.74, 6) is 1.47. The van der Waals surface area contributed by atoms with Gasteiger partial charge in [0.15, 0.2) is 0 Å². The van der Waals surface area contributed by atoms with Gasteiger partial charge in [-0.25, -0.2) is 0 Å². The van der Waals surface area contributed by atoms with Crippen molar-refractivity contribution in [2.75, 3.05) is 14.2 Å². The fourth-order valence-electron chi connectivity index (χ4n) is 1.87. The average Bonchev–Trinajstić information content (AvgIpc) is 2.31. The zero-order chi connectivity index (χ0) is 12.8. The van der Waals surface area contributed by atoms with E-state index in [0.29, 0.717) is 11.1 Å². The van der Waals surface area contributed by atoms with Crippen LogP contribution in [0.1, 0.15) is 38.3 Å². The molecule has 0 aliphatic rings. The number of hydrogen-bond donors (Lipinski definition) is 1. The van der Waals surface area contributed by atoms with Crippen LogP contribution in [0.4, 0.5) is 0 Å². The molecule has 1 aromatic rings. The summed E-state index contributed by atoms with van der Waals surface area (Å²) in [5.41, 5.74) is 1.23. The molecule has 0 radical (unpaired) electrons. The summed E-state index contributed by atoms with van der Waals surface area (Å²) in [7, 11) is 3.64. The van der Waals surface area contributed by atoms with E-state index in [0.717, 1.165) is 18.1 Å². The van der Waals surface area contributed by atoms with Crippen LogP contribution in [0.25, 0.3) is 0 Å². The van der Waals surface area contributed by atoms with Crippen LogP contribution < -0.4 is 10.1 Å². The molecule has 0 bridgehead atoms. The Bertz CT molecular complexity index is 352. The summed E-state index contributed by atoms with van der Waals surface area (Å²) < 4.78 is 5.25. The molecule has 0 fully saturated rings. The minimum atomic E-state index is 0.364. The first-order valence-corrected chi connectivity index (χ1v) is 6.47. The van der Waals surface area contributed by atoms with Crippen LogP contribution in [-0.4, -0.2) is 14.2 Å². The Morgan fingerprint density at radius 3 is 2.53 bits per heavy atom. The molecule has 0 heterocycles. The standard InChI is InChI=1S/C14H22ClNO/c1-10(2)5-8-13(16-3)11-6-7-12(15)14(9-11)17-4/h6-7,9-10,13,16H,5,8H2,1-4H3. The minimum Gasteiger partial charge on any atom is -0.495 e. The van der Waals surface area contributed by atoms with Gasteiger partial charge in [-0.3, -0.25) is 0 Å². The summed E-state index contributed by atoms with van der Waals surface area (Å²) in [4.78, 5) is 0. The van der Waals surface area contributed by atoms with Crippen molar-refractivity contribution in [2.45, 2.75) is 32.7 Å². The third-order valence-corrected chi connectivity index (χ3v) is 3.27. The number of ether oxygens (including phenoxy) is 1. The van der Waals surface area contributed by atoms with Crippen LogP contribution in [0.15, 0.2) is 18.2 Å². The number of rotatable bonds is 6. The first kappa shape index (κ1) is 14.3. The largest absolute Gasteiger partial charge is 0.495 e. The van der Waals surface area contributed by atoms with E-state index in [1.165, 1.54) is 12.0 Å². The lowest BCUT2D eigenvalue weighted by Crippen LogP contribution is -2.17. The summed E-state index contributed by atoms with van der Waals surface area (Å²) in [6.07, 6.45) is 2.33. The Kier molecular flexibility index (Phi) is 5.79. The summed E-state index contributed by atoms with van der Waals surface area (Å²) in [6, 6.07) is 6.34. The number of nitrogens with one attached hydrogen (secondary N) is 1. The highest BCUT2D eigenvalue weighted by Gasteiger charge is 2.12. The Hall–Kier alpha value is -0.730. The number of hydrogen-bond acceptors (Lipinski definition) is 2. The molecule has 0 saturated carbocycles. The molecule has 0 aliphatic carbocycles. The van der Waals surface area contributed by atoms with Gasteiger partial charge in [0.05, 0.1) is 12.1 Å². The van der Waals surface area contributed by atoms with Crippen molar-refractivity contribution < 1.29 is 4.74 Å². The molecule has 17 heavy (non-hydrogen) atoms. The quantitative estimate of drug-likeness (QED) is 0.828. The molecule has 0 aliphatic heterocycles. The van der Waals surface area contributed by atoms with Crippen LogP contribution in [0.2, 0.25) is 5.02 Å². The monoisotopic (exact) mass is 255 g/mol. The zero-order valence-corrected chi connectivity index (χ0v) is 11.8. The van der Waals surface area contributed by atoms with Crippen molar-refractivity contribution in [3.63, 3.8) is 0 Å². The molecule has 1 rings (SSSR count). The lowest BCUT2D eigenvalue weighted by Gasteiger charge is -2.18. The van der Waals surface area contributed by atoms with Gasteiger partial charge in [-0.15, -0.1) is 0 Å². The molecule has 96 valence electrons. The highest BCUT2D eigenvalue weighted by atomic mass is 35.5. The molecule has 0 spiro atoms. The Labute approximate surface area is 109 Å². The van der Waals surface area contributed by atoms with Crippen LogP contribution in [-0.2, 0) is 0 Å². The second kappa shape index (κ2) is 6.87. The summed E-state index contributed by atoms with van der Waals surface area (Å²) in [6.45, 7) is 4.49. The lowest BCUT2D eigenvalue weighted by molar-refractivity contribution is 0.412. The van der Waals surface area contributed by atoms with E-state index >= 15 is 0 Å². The highest BCUT2D eigenvalue weighted by molar-refractivity contribution is 6.32. The molecular formula is C14H22ClNO. The topological polar surface area (TPSA) is 21.3 Å². The van der Waals surface area contributed by atoms with Gasteiger partial charge in [-0.2, -0.15) is 0 Å². The van der Waals surface area contributed by atoms with Gasteiger partial charge >= 0.3 is 0 Å². The number of methoxy groups -OCH3 is 1. The van der Waals surface area contributed by atoms with E-state index in [1.54, 1.807) is 7.11 Å². The molecule has 1 aromatic carbocycles. The summed E-state index contributed by atoms with van der Waals surface area (Å²) >= 11 is 6.03. The van der Waals surface area contributed by atoms with Crippen molar-refractivity contribution in [3.05, 3.63) is 28.8 Å². The Morgan fingerprint density at radius 1 is 1.29 bits per heavy atom. The van der Waals surface area contributed by atoms with Crippen molar-refractivity contribution in [3.8, 4) is 5.75 Å². The Morgan fingerprint density at radius 2 is 2.00 bits per heavy atom. The fraction of sp³-hybridized carbons (Fsp3) is 0.571. The molecule has 3 heteroatoms. The fourth-order valence-corrected chi connectivity index (χ4v) is 2.07. The molecule has 1 unspecified atom stereocenters. The van der Waals surface area contributed by atoms with Crippen LogP contribution in [0.5, 0.6) is 5.75 Å². The number of halogens is 1. The molecule has 0 saturated heterocycles. The van der Waals surface area contributed by atoms with Gasteiger partial charge < -0.3 is 10.1 Å². The Balaban J connectivity index is 2.80. The van der Waals surface area contributed by atoms with Crippen LogP contribution in [0.3, 0.4) is 0 Å². The van der Waals surface area contributed by atoms with E-state index in [2.05, 4.69) is 25.2 Å². The molecular weight excluding hydrogens is 234 g/mol. The van der Waals surface area contributed by atoms with E-state index in [-0.39, 0.29) is 0 Å². The van der Waals surface area contributed by atoms with E-state index in [1.807, 2.05) is 19.2 Å². The molecule has 0 aromatic heterocycles. The number of benzene rings is 1. The van der Waals surface area contributed by atoms with Crippen LogP contribution in [0, 0.1) is 5.92 Å². The predicted molar refractivity (Wildman–Crippen MR) is 73.9 cm³/mol. The second-order valence-electron chi connectivity index (χ2n) is 4.71. The van der Waals surface area contributed by atoms with Gasteiger partial charge in [0.1, 0.15) is 5.75 Å². The predicted octanol–water partition coefficient (Wildman–Crippen LogP) is 4.05. The SMILES string of the molecule is CNC(CCC(C)C)c1ccc(Cl)c(OC)c1. The second-order valence-corrected chi connectivity index (χ2v) is 5.11. The van der Waals surface area contributed by atoms with Gasteiger partial charge in [0, 0.05) is 6.04 Å². The van der Waals surface area contributed by atoms with E-state index < -0.39 is 0 Å². The van der Waals surface area contributed by atoms with Crippen molar-refractivity contribution in [1.82, 2.24) is 5.32 Å². The maximum atomic E-state index is 6.03. The molecule has 1 N–H and O–H groups in total. The van der Waals surface area contributed by atoms with E-state index in [9.17, 15) is 0 Å². The van der Waals surface area contributed by atoms with E-state index in [4.69, 9.17) is 16.3 Å². The molecule has 2 nitrogen and oxygen atoms in total. The van der Waals surface area contributed by atoms with Crippen LogP contribution >= 0.6 is 11.6 Å². The maximum Gasteiger partial charge on any atom is 0.137 e. The van der Waals surface area contributed by atoms with Crippen molar-refractivity contribution in [2.24, 2.45) is 5.92 Å². The average molecular weight is 256 g/mol. The van der Waals surface area contributed by atoms with Gasteiger partial charge in [-0.1, -0.05) is 31.5 Å².